The molecule has 0 atom stereocenters. The number of halogens is 1. The summed E-state index contributed by atoms with van der Waals surface area (Å²) >= 11 is 2.28. The molecule has 0 bridgehead atoms. The van der Waals surface area contributed by atoms with Crippen LogP contribution in [-0.2, 0) is 12.0 Å². The van der Waals surface area contributed by atoms with Gasteiger partial charge in [0.2, 0.25) is 0 Å². The maximum Gasteiger partial charge on any atom is 0.0681 e. The Balaban J connectivity index is 3.16. The van der Waals surface area contributed by atoms with Crippen molar-refractivity contribution in [3.8, 4) is 0 Å². The van der Waals surface area contributed by atoms with E-state index in [1.54, 1.807) is 18.8 Å². The molecule has 0 aromatic heterocycles. The summed E-state index contributed by atoms with van der Waals surface area (Å²) in [5.74, 6) is 0. The Labute approximate surface area is 111 Å². The third kappa shape index (κ3) is 3.84. The Morgan fingerprint density at radius 1 is 1.33 bits per heavy atom. The predicted octanol–water partition coefficient (Wildman–Crippen LogP) is 4.57. The van der Waals surface area contributed by atoms with E-state index >= 15 is 0 Å². The molecule has 0 heterocycles. The highest BCUT2D eigenvalue weighted by molar-refractivity contribution is 14.2. The highest BCUT2D eigenvalue weighted by atomic mass is 127. The number of hydrogen-bond donors (Lipinski definition) is 1. The fourth-order valence-corrected chi connectivity index (χ4v) is 4.40. The van der Waals surface area contributed by atoms with Crippen molar-refractivity contribution < 1.29 is 5.11 Å². The predicted molar refractivity (Wildman–Crippen MR) is 78.5 cm³/mol. The van der Waals surface area contributed by atoms with Gasteiger partial charge in [-0.25, -0.2) is 0 Å². The average Bonchev–Trinajstić information content (AvgIpc) is 2.17. The van der Waals surface area contributed by atoms with Crippen LogP contribution < -0.4 is 0 Å². The molecule has 0 spiro atoms. The van der Waals surface area contributed by atoms with E-state index in [1.165, 1.54) is 10.5 Å². The summed E-state index contributed by atoms with van der Waals surface area (Å²) < 4.78 is 0. The van der Waals surface area contributed by atoms with Gasteiger partial charge in [0.25, 0.3) is 0 Å². The van der Waals surface area contributed by atoms with Gasteiger partial charge in [-0.1, -0.05) is 32.9 Å². The lowest BCUT2D eigenvalue weighted by Crippen LogP contribution is -2.12. The van der Waals surface area contributed by atoms with Crippen LogP contribution in [0.1, 0.15) is 31.9 Å². The number of benzene rings is 1. The second-order valence-electron chi connectivity index (χ2n) is 4.38. The minimum Gasteiger partial charge on any atom is -0.392 e. The monoisotopic (exact) mass is 354 g/mol. The second kappa shape index (κ2) is 5.80. The Kier molecular flexibility index (Phi) is 5.28. The summed E-state index contributed by atoms with van der Waals surface area (Å²) in [6, 6.07) is 6.20. The molecule has 0 aliphatic rings. The third-order valence-corrected chi connectivity index (χ3v) is 5.10. The summed E-state index contributed by atoms with van der Waals surface area (Å²) in [5.41, 5.74) is 2.42. The zero-order valence-electron chi connectivity index (χ0n) is 9.08. The summed E-state index contributed by atoms with van der Waals surface area (Å²) in [6.07, 6.45) is 0. The van der Waals surface area contributed by atoms with Crippen LogP contribution in [0, 0.1) is 0 Å². The second-order valence-corrected chi connectivity index (χ2v) is 9.23. The van der Waals surface area contributed by atoms with Gasteiger partial charge in [0.05, 0.1) is 6.61 Å². The quantitative estimate of drug-likeness (QED) is 0.635. The van der Waals surface area contributed by atoms with Crippen LogP contribution in [0.2, 0.25) is 0 Å². The Morgan fingerprint density at radius 2 is 2.00 bits per heavy atom. The van der Waals surface area contributed by atoms with Gasteiger partial charge < -0.3 is 5.11 Å². The van der Waals surface area contributed by atoms with Gasteiger partial charge in [-0.2, -0.15) is 0 Å². The molecule has 0 fully saturated rings. The average molecular weight is 354 g/mol. The summed E-state index contributed by atoms with van der Waals surface area (Å²) in [4.78, 5) is 1.29. The molecule has 84 valence electrons. The van der Waals surface area contributed by atoms with Crippen molar-refractivity contribution >= 4 is 40.0 Å². The van der Waals surface area contributed by atoms with E-state index in [9.17, 15) is 0 Å². The van der Waals surface area contributed by atoms with Crippen molar-refractivity contribution in [3.63, 3.8) is 0 Å². The lowest BCUT2D eigenvalue weighted by Gasteiger charge is -2.22. The molecule has 1 rings (SSSR count). The van der Waals surface area contributed by atoms with E-state index in [0.29, 0.717) is 0 Å². The van der Waals surface area contributed by atoms with Gasteiger partial charge in [0.15, 0.2) is 0 Å². The summed E-state index contributed by atoms with van der Waals surface area (Å²) in [6.45, 7) is 6.72. The molecule has 0 saturated carbocycles. The van der Waals surface area contributed by atoms with Crippen molar-refractivity contribution in [1.82, 2.24) is 0 Å². The number of aliphatic hydroxyl groups excluding tert-OH is 1. The topological polar surface area (TPSA) is 20.2 Å². The van der Waals surface area contributed by atoms with E-state index < -0.39 is 0 Å². The largest absolute Gasteiger partial charge is 0.392 e. The van der Waals surface area contributed by atoms with E-state index in [4.69, 9.17) is 5.11 Å². The molecule has 1 aromatic rings. The van der Waals surface area contributed by atoms with E-state index in [1.807, 2.05) is 6.07 Å². The van der Waals surface area contributed by atoms with Crippen LogP contribution in [0.4, 0.5) is 0 Å². The fraction of sp³-hybridized carbons (Fsp3) is 0.455. The maximum absolute atomic E-state index is 9.14. The Bertz CT molecular complexity index is 334. The highest BCUT2D eigenvalue weighted by Gasteiger charge is 2.18. The van der Waals surface area contributed by atoms with Crippen molar-refractivity contribution in [2.45, 2.75) is 37.7 Å². The van der Waals surface area contributed by atoms with Crippen molar-refractivity contribution in [2.75, 3.05) is 0 Å². The number of rotatable bonds is 3. The minimum atomic E-state index is 0.116. The molecule has 0 aliphatic heterocycles. The van der Waals surface area contributed by atoms with Crippen LogP contribution >= 0.6 is 40.0 Å². The molecule has 4 heteroatoms. The van der Waals surface area contributed by atoms with Gasteiger partial charge in [0, 0.05) is 26.1 Å². The van der Waals surface area contributed by atoms with E-state index in [-0.39, 0.29) is 12.0 Å². The SMILES string of the molecule is CC(C)(C)c1cc(CO)ccc1SSI. The Morgan fingerprint density at radius 3 is 2.47 bits per heavy atom. The van der Waals surface area contributed by atoms with E-state index in [2.05, 4.69) is 54.1 Å². The zero-order valence-corrected chi connectivity index (χ0v) is 12.9. The van der Waals surface area contributed by atoms with Crippen LogP contribution in [0.5, 0.6) is 0 Å². The Hall–Kier alpha value is 0.610. The van der Waals surface area contributed by atoms with E-state index in [0.717, 1.165) is 5.56 Å². The van der Waals surface area contributed by atoms with Gasteiger partial charge >= 0.3 is 0 Å². The van der Waals surface area contributed by atoms with Crippen LogP contribution in [0.15, 0.2) is 23.1 Å². The molecule has 0 amide bonds. The molecule has 0 radical (unpaired) electrons. The van der Waals surface area contributed by atoms with Gasteiger partial charge in [-0.15, -0.1) is 0 Å². The highest BCUT2D eigenvalue weighted by Crippen LogP contribution is 2.41. The first-order valence-corrected chi connectivity index (χ1v) is 9.38. The van der Waals surface area contributed by atoms with Crippen molar-refractivity contribution in [2.24, 2.45) is 0 Å². The molecule has 15 heavy (non-hydrogen) atoms. The summed E-state index contributed by atoms with van der Waals surface area (Å²) in [5, 5.41) is 9.14. The number of hydrogen-bond acceptors (Lipinski definition) is 3. The maximum atomic E-state index is 9.14. The molecule has 1 N–H and O–H groups in total. The molecule has 0 saturated heterocycles. The van der Waals surface area contributed by atoms with Crippen molar-refractivity contribution in [1.29, 1.82) is 0 Å². The first kappa shape index (κ1) is 13.7. The standard InChI is InChI=1S/C11H15IOS2/c1-11(2,3)9-6-8(7-13)4-5-10(9)14-15-12/h4-6,13H,7H2,1-3H3. The summed E-state index contributed by atoms with van der Waals surface area (Å²) in [7, 11) is 3.49. The smallest absolute Gasteiger partial charge is 0.0681 e. The number of aliphatic hydroxyl groups is 1. The first-order valence-electron chi connectivity index (χ1n) is 4.68. The van der Waals surface area contributed by atoms with Gasteiger partial charge in [-0.05, 0) is 41.4 Å². The lowest BCUT2D eigenvalue weighted by atomic mass is 9.86. The van der Waals surface area contributed by atoms with Crippen LogP contribution in [0.3, 0.4) is 0 Å². The van der Waals surface area contributed by atoms with Gasteiger partial charge in [0.1, 0.15) is 0 Å². The zero-order chi connectivity index (χ0) is 11.5. The first-order chi connectivity index (χ1) is 6.99. The molecular formula is C11H15IOS2. The molecule has 1 nitrogen and oxygen atoms in total. The normalized spacial score (nSPS) is 11.8. The van der Waals surface area contributed by atoms with Gasteiger partial charge in [-0.3, -0.25) is 0 Å². The third-order valence-electron chi connectivity index (χ3n) is 2.16. The molecular weight excluding hydrogens is 339 g/mol. The molecule has 1 aromatic carbocycles. The lowest BCUT2D eigenvalue weighted by molar-refractivity contribution is 0.281. The van der Waals surface area contributed by atoms with Crippen molar-refractivity contribution in [3.05, 3.63) is 29.3 Å². The fourth-order valence-electron chi connectivity index (χ4n) is 1.37. The molecule has 0 aliphatic carbocycles. The minimum absolute atomic E-state index is 0.116. The molecule has 0 unspecified atom stereocenters. The van der Waals surface area contributed by atoms with Crippen LogP contribution in [-0.4, -0.2) is 5.11 Å². The van der Waals surface area contributed by atoms with Crippen LogP contribution in [0.25, 0.3) is 0 Å².